The van der Waals surface area contributed by atoms with E-state index in [1.54, 1.807) is 14.2 Å². The van der Waals surface area contributed by atoms with Gasteiger partial charge in [-0.3, -0.25) is 9.89 Å². The number of nitrogens with zero attached hydrogens (tertiary/aromatic N) is 2. The van der Waals surface area contributed by atoms with E-state index >= 15 is 0 Å². The molecule has 0 spiro atoms. The summed E-state index contributed by atoms with van der Waals surface area (Å²) in [7, 11) is 3.31. The van der Waals surface area contributed by atoms with Crippen LogP contribution in [0, 0.1) is 0 Å². The molecule has 1 saturated carbocycles. The number of nitrogens with one attached hydrogen (secondary N) is 1. The van der Waals surface area contributed by atoms with Crippen molar-refractivity contribution in [3.63, 3.8) is 0 Å². The number of hydrogen-bond donors (Lipinski definition) is 2. The Balaban J connectivity index is 1.51. The van der Waals surface area contributed by atoms with Gasteiger partial charge in [0.1, 0.15) is 0 Å². The highest BCUT2D eigenvalue weighted by molar-refractivity contribution is 7.99. The maximum atomic E-state index is 6.18. The van der Waals surface area contributed by atoms with Gasteiger partial charge < -0.3 is 20.5 Å². The lowest BCUT2D eigenvalue weighted by atomic mass is 9.95. The molecular weight excluding hydrogens is 372 g/mol. The molecule has 156 valence electrons. The van der Waals surface area contributed by atoms with Gasteiger partial charge in [-0.05, 0) is 37.0 Å². The van der Waals surface area contributed by atoms with Gasteiger partial charge in [-0.15, -0.1) is 0 Å². The average Bonchev–Trinajstić information content (AvgIpc) is 3.23. The molecule has 0 aromatic heterocycles. The molecule has 1 aliphatic heterocycles. The molecule has 7 heteroatoms. The Morgan fingerprint density at radius 1 is 1.18 bits per heavy atom. The number of rotatable bonds is 8. The summed E-state index contributed by atoms with van der Waals surface area (Å²) < 4.78 is 10.7. The minimum atomic E-state index is 0.233. The smallest absolute Gasteiger partial charge is 0.188 e. The summed E-state index contributed by atoms with van der Waals surface area (Å²) in [5, 5.41) is 3.27. The predicted molar refractivity (Wildman–Crippen MR) is 118 cm³/mol. The Morgan fingerprint density at radius 2 is 1.89 bits per heavy atom. The fourth-order valence-corrected chi connectivity index (χ4v) is 5.21. The van der Waals surface area contributed by atoms with Crippen LogP contribution in [0.3, 0.4) is 0 Å². The van der Waals surface area contributed by atoms with Gasteiger partial charge in [0.25, 0.3) is 0 Å². The highest BCUT2D eigenvalue weighted by Gasteiger charge is 2.39. The van der Waals surface area contributed by atoms with Crippen LogP contribution in [0.4, 0.5) is 0 Å². The number of thioether (sulfide) groups is 1. The summed E-state index contributed by atoms with van der Waals surface area (Å²) in [5.74, 6) is 4.54. The topological polar surface area (TPSA) is 72.1 Å². The summed E-state index contributed by atoms with van der Waals surface area (Å²) in [6.45, 7) is 3.94. The molecule has 1 heterocycles. The van der Waals surface area contributed by atoms with Crippen LogP contribution < -0.4 is 20.5 Å². The van der Waals surface area contributed by atoms with Crippen molar-refractivity contribution in [1.82, 2.24) is 10.2 Å². The third-order valence-corrected chi connectivity index (χ3v) is 6.87. The van der Waals surface area contributed by atoms with Crippen molar-refractivity contribution in [3.8, 4) is 11.5 Å². The number of guanidine groups is 1. The van der Waals surface area contributed by atoms with Crippen molar-refractivity contribution >= 4 is 17.7 Å². The first kappa shape index (κ1) is 21.1. The van der Waals surface area contributed by atoms with E-state index in [-0.39, 0.29) is 5.54 Å². The van der Waals surface area contributed by atoms with E-state index in [2.05, 4.69) is 28.0 Å². The molecule has 6 nitrogen and oxygen atoms in total. The minimum absolute atomic E-state index is 0.233. The second-order valence-electron chi connectivity index (χ2n) is 7.60. The number of nitrogens with two attached hydrogens (primary N) is 1. The van der Waals surface area contributed by atoms with Gasteiger partial charge in [-0.25, -0.2) is 0 Å². The molecular formula is C21H34N4O2S. The SMILES string of the molecule is COc1ccc(CCNC(N)=NCC2(N3CCSCC3)CCCC2)cc1OC. The Kier molecular flexibility index (Phi) is 7.73. The molecule has 2 fully saturated rings. The van der Waals surface area contributed by atoms with Crippen molar-refractivity contribution in [2.75, 3.05) is 51.9 Å². The van der Waals surface area contributed by atoms with Crippen molar-refractivity contribution in [1.29, 1.82) is 0 Å². The number of hydrogen-bond acceptors (Lipinski definition) is 5. The Morgan fingerprint density at radius 3 is 2.57 bits per heavy atom. The first-order valence-corrected chi connectivity index (χ1v) is 11.4. The van der Waals surface area contributed by atoms with Crippen LogP contribution in [0.2, 0.25) is 0 Å². The predicted octanol–water partition coefficient (Wildman–Crippen LogP) is 2.51. The molecule has 2 aliphatic rings. The Bertz CT molecular complexity index is 656. The molecule has 0 atom stereocenters. The molecule has 0 radical (unpaired) electrons. The number of aliphatic imine (C=N–C) groups is 1. The van der Waals surface area contributed by atoms with Gasteiger partial charge in [0.05, 0.1) is 20.8 Å². The lowest BCUT2D eigenvalue weighted by Crippen LogP contribution is -2.53. The first-order chi connectivity index (χ1) is 13.7. The van der Waals surface area contributed by atoms with Gasteiger partial charge in [0.2, 0.25) is 0 Å². The lowest BCUT2D eigenvalue weighted by Gasteiger charge is -2.42. The lowest BCUT2D eigenvalue weighted by molar-refractivity contribution is 0.112. The van der Waals surface area contributed by atoms with E-state index in [0.717, 1.165) is 31.0 Å². The zero-order valence-electron chi connectivity index (χ0n) is 17.2. The summed E-state index contributed by atoms with van der Waals surface area (Å²) in [6.07, 6.45) is 5.98. The molecule has 0 amide bonds. The molecule has 28 heavy (non-hydrogen) atoms. The van der Waals surface area contributed by atoms with Crippen molar-refractivity contribution in [2.45, 2.75) is 37.6 Å². The summed E-state index contributed by atoms with van der Waals surface area (Å²) in [4.78, 5) is 7.41. The number of benzene rings is 1. The first-order valence-electron chi connectivity index (χ1n) is 10.2. The van der Waals surface area contributed by atoms with Crippen LogP contribution in [-0.4, -0.2) is 68.3 Å². The van der Waals surface area contributed by atoms with E-state index in [0.29, 0.717) is 5.96 Å². The highest BCUT2D eigenvalue weighted by Crippen LogP contribution is 2.37. The van der Waals surface area contributed by atoms with Crippen molar-refractivity contribution in [2.24, 2.45) is 10.7 Å². The second kappa shape index (κ2) is 10.3. The molecule has 1 aromatic carbocycles. The van der Waals surface area contributed by atoms with Crippen LogP contribution >= 0.6 is 11.8 Å². The zero-order valence-corrected chi connectivity index (χ0v) is 18.0. The molecule has 0 bridgehead atoms. The van der Waals surface area contributed by atoms with Crippen LogP contribution in [0.25, 0.3) is 0 Å². The third kappa shape index (κ3) is 5.26. The summed E-state index contributed by atoms with van der Waals surface area (Å²) in [6, 6.07) is 6.00. The Hall–Kier alpha value is -1.60. The monoisotopic (exact) mass is 406 g/mol. The largest absolute Gasteiger partial charge is 0.493 e. The average molecular weight is 407 g/mol. The third-order valence-electron chi connectivity index (χ3n) is 5.93. The molecule has 1 aliphatic carbocycles. The molecule has 3 N–H and O–H groups in total. The van der Waals surface area contributed by atoms with Gasteiger partial charge in [0.15, 0.2) is 17.5 Å². The summed E-state index contributed by atoms with van der Waals surface area (Å²) in [5.41, 5.74) is 7.59. The molecule has 3 rings (SSSR count). The number of ether oxygens (including phenoxy) is 2. The molecule has 0 unspecified atom stereocenters. The highest BCUT2D eigenvalue weighted by atomic mass is 32.2. The number of methoxy groups -OCH3 is 2. The van der Waals surface area contributed by atoms with Gasteiger partial charge in [-0.1, -0.05) is 18.9 Å². The maximum Gasteiger partial charge on any atom is 0.188 e. The zero-order chi connectivity index (χ0) is 19.8. The van der Waals surface area contributed by atoms with Crippen LogP contribution in [0.1, 0.15) is 31.2 Å². The van der Waals surface area contributed by atoms with E-state index in [1.165, 1.54) is 55.8 Å². The minimum Gasteiger partial charge on any atom is -0.493 e. The van der Waals surface area contributed by atoms with Gasteiger partial charge >= 0.3 is 0 Å². The van der Waals surface area contributed by atoms with Crippen LogP contribution in [0.15, 0.2) is 23.2 Å². The van der Waals surface area contributed by atoms with Crippen molar-refractivity contribution < 1.29 is 9.47 Å². The second-order valence-corrected chi connectivity index (χ2v) is 8.82. The van der Waals surface area contributed by atoms with Crippen LogP contribution in [-0.2, 0) is 6.42 Å². The molecule has 1 saturated heterocycles. The van der Waals surface area contributed by atoms with E-state index in [1.807, 2.05) is 12.1 Å². The van der Waals surface area contributed by atoms with Crippen molar-refractivity contribution in [3.05, 3.63) is 23.8 Å². The fourth-order valence-electron chi connectivity index (χ4n) is 4.30. The maximum absolute atomic E-state index is 6.18. The normalized spacial score (nSPS) is 20.1. The Labute approximate surface area is 173 Å². The standard InChI is InChI=1S/C21H34N4O2S/c1-26-18-6-5-17(15-19(18)27-2)7-10-23-20(22)24-16-21(8-3-4-9-21)25-11-13-28-14-12-25/h5-6,15H,3-4,7-14,16H2,1-2H3,(H3,22,23,24). The van der Waals surface area contributed by atoms with Gasteiger partial charge in [0, 0.05) is 36.7 Å². The van der Waals surface area contributed by atoms with E-state index in [4.69, 9.17) is 20.2 Å². The quantitative estimate of drug-likeness (QED) is 0.511. The van der Waals surface area contributed by atoms with E-state index < -0.39 is 0 Å². The fraction of sp³-hybridized carbons (Fsp3) is 0.667. The van der Waals surface area contributed by atoms with E-state index in [9.17, 15) is 0 Å². The van der Waals surface area contributed by atoms with Crippen LogP contribution in [0.5, 0.6) is 11.5 Å². The summed E-state index contributed by atoms with van der Waals surface area (Å²) >= 11 is 2.06. The molecule has 1 aromatic rings. The van der Waals surface area contributed by atoms with Gasteiger partial charge in [-0.2, -0.15) is 11.8 Å².